The normalized spacial score (nSPS) is 14.6. The van der Waals surface area contributed by atoms with Crippen molar-refractivity contribution in [1.82, 2.24) is 30.1 Å². The van der Waals surface area contributed by atoms with Gasteiger partial charge in [0.1, 0.15) is 5.69 Å². The molecule has 148 valence electrons. The van der Waals surface area contributed by atoms with Crippen LogP contribution in [-0.4, -0.2) is 76.5 Å². The number of pyridine rings is 1. The second-order valence-corrected chi connectivity index (χ2v) is 6.81. The van der Waals surface area contributed by atoms with Gasteiger partial charge in [-0.2, -0.15) is 0 Å². The van der Waals surface area contributed by atoms with E-state index in [2.05, 4.69) is 30.5 Å². The average Bonchev–Trinajstić information content (AvgIpc) is 2.68. The van der Waals surface area contributed by atoms with Crippen LogP contribution in [0.4, 0.5) is 10.5 Å². The second kappa shape index (κ2) is 9.23. The highest BCUT2D eigenvalue weighted by Crippen LogP contribution is 2.11. The molecule has 1 saturated heterocycles. The Balaban J connectivity index is 1.50. The number of hydrogen-bond donors (Lipinski definition) is 2. The minimum atomic E-state index is -0.343. The number of carbonyl (C=O) groups is 2. The number of rotatable bonds is 5. The molecule has 2 N–H and O–H groups in total. The monoisotopic (exact) mass is 383 g/mol. The molecule has 0 radical (unpaired) electrons. The van der Waals surface area contributed by atoms with E-state index in [1.165, 1.54) is 6.20 Å². The molecule has 9 heteroatoms. The fourth-order valence-electron chi connectivity index (χ4n) is 2.91. The summed E-state index contributed by atoms with van der Waals surface area (Å²) < 4.78 is 0. The van der Waals surface area contributed by atoms with Crippen molar-refractivity contribution in [1.29, 1.82) is 0 Å². The van der Waals surface area contributed by atoms with E-state index in [9.17, 15) is 9.59 Å². The third kappa shape index (κ3) is 5.46. The van der Waals surface area contributed by atoms with Crippen molar-refractivity contribution in [3.8, 4) is 0 Å². The fraction of sp³-hybridized carbons (Fsp3) is 0.421. The van der Waals surface area contributed by atoms with Crippen LogP contribution in [0.5, 0.6) is 0 Å². The van der Waals surface area contributed by atoms with E-state index in [-0.39, 0.29) is 11.9 Å². The maximum atomic E-state index is 12.6. The van der Waals surface area contributed by atoms with E-state index in [0.717, 1.165) is 24.5 Å². The number of amides is 3. The maximum absolute atomic E-state index is 12.6. The van der Waals surface area contributed by atoms with Crippen LogP contribution in [0.25, 0.3) is 0 Å². The topological polar surface area (TPSA) is 103 Å². The van der Waals surface area contributed by atoms with Gasteiger partial charge >= 0.3 is 6.03 Å². The number of piperazine rings is 1. The molecule has 0 spiro atoms. The van der Waals surface area contributed by atoms with Crippen LogP contribution >= 0.6 is 0 Å². The molecule has 2 aromatic rings. The standard InChI is InChI=1S/C19H25N7O2/c1-14-12-20-13-16(23-14)4-6-22-19(28)24-15-3-5-21-17(11-15)18(27)26-9-7-25(2)8-10-26/h3,5,11-13H,4,6-10H2,1-2H3,(H2,21,22,24,28). The molecule has 9 nitrogen and oxygen atoms in total. The van der Waals surface area contributed by atoms with Crippen LogP contribution in [0.15, 0.2) is 30.7 Å². The maximum Gasteiger partial charge on any atom is 0.319 e. The first-order chi connectivity index (χ1) is 13.5. The fourth-order valence-corrected chi connectivity index (χ4v) is 2.91. The van der Waals surface area contributed by atoms with Crippen LogP contribution < -0.4 is 10.6 Å². The molecule has 2 aromatic heterocycles. The number of anilines is 1. The van der Waals surface area contributed by atoms with Crippen molar-refractivity contribution in [2.75, 3.05) is 45.1 Å². The molecular formula is C19H25N7O2. The van der Waals surface area contributed by atoms with Crippen LogP contribution in [0, 0.1) is 6.92 Å². The van der Waals surface area contributed by atoms with Gasteiger partial charge in [-0.1, -0.05) is 0 Å². The van der Waals surface area contributed by atoms with Gasteiger partial charge in [-0.3, -0.25) is 19.7 Å². The number of urea groups is 1. The van der Waals surface area contributed by atoms with Crippen molar-refractivity contribution < 1.29 is 9.59 Å². The zero-order valence-electron chi connectivity index (χ0n) is 16.2. The van der Waals surface area contributed by atoms with E-state index in [1.807, 2.05) is 14.0 Å². The molecular weight excluding hydrogens is 358 g/mol. The summed E-state index contributed by atoms with van der Waals surface area (Å²) in [5.41, 5.74) is 2.53. The smallest absolute Gasteiger partial charge is 0.319 e. The Labute approximate surface area is 164 Å². The summed E-state index contributed by atoms with van der Waals surface area (Å²) in [5.74, 6) is -0.116. The number of nitrogens with one attached hydrogen (secondary N) is 2. The molecule has 0 aliphatic carbocycles. The Bertz CT molecular complexity index is 835. The Morgan fingerprint density at radius 1 is 1.18 bits per heavy atom. The summed E-state index contributed by atoms with van der Waals surface area (Å²) >= 11 is 0. The van der Waals surface area contributed by atoms with Crippen LogP contribution in [0.1, 0.15) is 21.9 Å². The van der Waals surface area contributed by atoms with E-state index < -0.39 is 0 Å². The molecule has 0 bridgehead atoms. The summed E-state index contributed by atoms with van der Waals surface area (Å²) in [4.78, 5) is 41.3. The molecule has 3 rings (SSSR count). The van der Waals surface area contributed by atoms with E-state index in [0.29, 0.717) is 37.4 Å². The Morgan fingerprint density at radius 2 is 1.96 bits per heavy atom. The van der Waals surface area contributed by atoms with Crippen molar-refractivity contribution in [2.45, 2.75) is 13.3 Å². The van der Waals surface area contributed by atoms with Crippen molar-refractivity contribution in [2.24, 2.45) is 0 Å². The van der Waals surface area contributed by atoms with Crippen LogP contribution in [-0.2, 0) is 6.42 Å². The highest BCUT2D eigenvalue weighted by Gasteiger charge is 2.21. The SMILES string of the molecule is Cc1cncc(CCNC(=O)Nc2ccnc(C(=O)N3CCN(C)CC3)c2)n1. The minimum absolute atomic E-state index is 0.116. The van der Waals surface area contributed by atoms with Crippen LogP contribution in [0.2, 0.25) is 0 Å². The first kappa shape index (κ1) is 19.7. The molecule has 0 unspecified atom stereocenters. The largest absolute Gasteiger partial charge is 0.337 e. The molecule has 1 aliphatic rings. The number of aromatic nitrogens is 3. The molecule has 0 aromatic carbocycles. The van der Waals surface area contributed by atoms with Gasteiger partial charge in [-0.25, -0.2) is 4.79 Å². The average molecular weight is 383 g/mol. The minimum Gasteiger partial charge on any atom is -0.337 e. The van der Waals surface area contributed by atoms with E-state index in [4.69, 9.17) is 0 Å². The predicted molar refractivity (Wildman–Crippen MR) is 105 cm³/mol. The number of carbonyl (C=O) groups excluding carboxylic acids is 2. The lowest BCUT2D eigenvalue weighted by Gasteiger charge is -2.32. The van der Waals surface area contributed by atoms with Crippen molar-refractivity contribution in [3.63, 3.8) is 0 Å². The zero-order valence-corrected chi connectivity index (χ0v) is 16.2. The molecule has 1 fully saturated rings. The van der Waals surface area contributed by atoms with Gasteiger partial charge < -0.3 is 20.4 Å². The molecule has 3 amide bonds. The number of aryl methyl sites for hydroxylation is 1. The summed E-state index contributed by atoms with van der Waals surface area (Å²) in [6.45, 7) is 5.35. The van der Waals surface area contributed by atoms with Crippen molar-refractivity contribution in [3.05, 3.63) is 47.8 Å². The Morgan fingerprint density at radius 3 is 2.71 bits per heavy atom. The Hall–Kier alpha value is -3.07. The predicted octanol–water partition coefficient (Wildman–Crippen LogP) is 0.932. The summed E-state index contributed by atoms with van der Waals surface area (Å²) in [6.07, 6.45) is 5.49. The summed E-state index contributed by atoms with van der Waals surface area (Å²) in [7, 11) is 2.04. The Kier molecular flexibility index (Phi) is 6.49. The van der Waals surface area contributed by atoms with E-state index in [1.54, 1.807) is 29.4 Å². The first-order valence-corrected chi connectivity index (χ1v) is 9.27. The van der Waals surface area contributed by atoms with Gasteiger partial charge in [-0.05, 0) is 26.1 Å². The molecule has 0 saturated carbocycles. The zero-order chi connectivity index (χ0) is 19.9. The summed E-state index contributed by atoms with van der Waals surface area (Å²) in [5, 5.41) is 5.52. The van der Waals surface area contributed by atoms with Gasteiger partial charge in [-0.15, -0.1) is 0 Å². The quantitative estimate of drug-likeness (QED) is 0.796. The second-order valence-electron chi connectivity index (χ2n) is 6.81. The van der Waals surface area contributed by atoms with E-state index >= 15 is 0 Å². The first-order valence-electron chi connectivity index (χ1n) is 9.27. The third-order valence-electron chi connectivity index (χ3n) is 4.50. The van der Waals surface area contributed by atoms with Gasteiger partial charge in [0.05, 0.1) is 11.4 Å². The van der Waals surface area contributed by atoms with Gasteiger partial charge in [0.2, 0.25) is 0 Å². The lowest BCUT2D eigenvalue weighted by atomic mass is 10.2. The number of nitrogens with zero attached hydrogens (tertiary/aromatic N) is 5. The lowest BCUT2D eigenvalue weighted by molar-refractivity contribution is 0.0658. The number of likely N-dealkylation sites (N-methyl/N-ethyl adjacent to an activating group) is 1. The lowest BCUT2D eigenvalue weighted by Crippen LogP contribution is -2.47. The molecule has 28 heavy (non-hydrogen) atoms. The van der Waals surface area contributed by atoms with Gasteiger partial charge in [0.25, 0.3) is 5.91 Å². The van der Waals surface area contributed by atoms with Crippen LogP contribution in [0.3, 0.4) is 0 Å². The van der Waals surface area contributed by atoms with Gasteiger partial charge in [0, 0.05) is 63.4 Å². The molecule has 0 atom stereocenters. The highest BCUT2D eigenvalue weighted by molar-refractivity contribution is 5.95. The number of hydrogen-bond acceptors (Lipinski definition) is 6. The molecule has 3 heterocycles. The molecule has 1 aliphatic heterocycles. The highest BCUT2D eigenvalue weighted by atomic mass is 16.2. The third-order valence-corrected chi connectivity index (χ3v) is 4.50. The van der Waals surface area contributed by atoms with Crippen molar-refractivity contribution >= 4 is 17.6 Å². The van der Waals surface area contributed by atoms with Gasteiger partial charge in [0.15, 0.2) is 0 Å². The summed E-state index contributed by atoms with van der Waals surface area (Å²) in [6, 6.07) is 2.92.